The van der Waals surface area contributed by atoms with Crippen molar-refractivity contribution in [3.8, 4) is 0 Å². The molecule has 0 aliphatic rings. The molecule has 0 saturated carbocycles. The molecule has 0 heterocycles. The Hall–Kier alpha value is -7.88. The van der Waals surface area contributed by atoms with E-state index in [1.807, 2.05) is 0 Å². The van der Waals surface area contributed by atoms with Crippen LogP contribution in [0.5, 0.6) is 0 Å². The van der Waals surface area contributed by atoms with Crippen LogP contribution >= 0.6 is 0 Å². The van der Waals surface area contributed by atoms with Crippen molar-refractivity contribution >= 4 is 88.0 Å². The van der Waals surface area contributed by atoms with Crippen molar-refractivity contribution in [2.75, 3.05) is 9.80 Å². The largest absolute Gasteiger partial charge is 0.422 e. The van der Waals surface area contributed by atoms with Crippen molar-refractivity contribution in [1.29, 1.82) is 0 Å². The van der Waals surface area contributed by atoms with Crippen LogP contribution in [0, 0.1) is 46.5 Å². The maximum atomic E-state index is 16.8. The number of anilines is 6. The molecule has 10 rings (SSSR count). The molecular weight excluding hydrogens is 919 g/mol. The van der Waals surface area contributed by atoms with Gasteiger partial charge in [0.1, 0.15) is 22.5 Å². The Bertz CT molecular complexity index is 3430. The summed E-state index contributed by atoms with van der Waals surface area (Å²) in [6.45, 7) is 0. The molecule has 0 aliphatic heterocycles. The van der Waals surface area contributed by atoms with Gasteiger partial charge in [0.15, 0.2) is 46.5 Å². The fourth-order valence-corrected chi connectivity index (χ4v) is 8.99. The topological polar surface area (TPSA) is 6.48 Å². The molecule has 0 N–H and O–H groups in total. The van der Waals surface area contributed by atoms with Gasteiger partial charge in [-0.2, -0.15) is 26.3 Å². The summed E-state index contributed by atoms with van der Waals surface area (Å²) in [6.07, 6.45) is -11.9. The first kappa shape index (κ1) is 44.0. The molecule has 10 aromatic rings. The molecule has 68 heavy (non-hydrogen) atoms. The molecule has 0 spiro atoms. The lowest BCUT2D eigenvalue weighted by molar-refractivity contribution is -0.144. The molecule has 0 fully saturated rings. The minimum absolute atomic E-state index is 0.0347. The van der Waals surface area contributed by atoms with Crippen LogP contribution in [-0.4, -0.2) is 0 Å². The minimum Gasteiger partial charge on any atom is -0.304 e. The van der Waals surface area contributed by atoms with Gasteiger partial charge in [-0.3, -0.25) is 0 Å². The lowest BCUT2D eigenvalue weighted by Gasteiger charge is -2.33. The zero-order valence-electron chi connectivity index (χ0n) is 34.0. The molecule has 0 saturated heterocycles. The summed E-state index contributed by atoms with van der Waals surface area (Å²) in [6, 6.07) is 35.2. The number of benzene rings is 10. The van der Waals surface area contributed by atoms with E-state index in [1.54, 1.807) is 72.8 Å². The summed E-state index contributed by atoms with van der Waals surface area (Å²) < 4.78 is 216. The van der Waals surface area contributed by atoms with Crippen molar-refractivity contribution in [3.05, 3.63) is 203 Å². The van der Waals surface area contributed by atoms with Crippen molar-refractivity contribution in [3.63, 3.8) is 0 Å². The molecule has 0 aromatic heterocycles. The Balaban J connectivity index is 1.41. The van der Waals surface area contributed by atoms with Crippen molar-refractivity contribution in [2.24, 2.45) is 0 Å². The maximum absolute atomic E-state index is 16.8. The maximum Gasteiger partial charge on any atom is 0.422 e. The van der Waals surface area contributed by atoms with Crippen LogP contribution in [0.3, 0.4) is 0 Å². The van der Waals surface area contributed by atoms with Crippen LogP contribution in [0.1, 0.15) is 11.1 Å². The SMILES string of the molecule is Fc1c(F)c(C(F)(F)F)c(F)c(F)c1N(c1cc2ccccc2c2ccccc12)c1cccc2cccc(N(c3c(F)c(F)c(C(F)(F)F)c(F)c3F)c3cc4ccccc4c4ccccc34)c12. The summed E-state index contributed by atoms with van der Waals surface area (Å²) in [5.74, 6) is -21.4. The van der Waals surface area contributed by atoms with Gasteiger partial charge >= 0.3 is 12.4 Å². The number of halogens is 14. The zero-order valence-corrected chi connectivity index (χ0v) is 34.0. The second-order valence-corrected chi connectivity index (χ2v) is 15.6. The molecule has 0 unspecified atom stereocenters. The number of alkyl halides is 6. The number of nitrogens with zero attached hydrogens (tertiary/aromatic N) is 2. The van der Waals surface area contributed by atoms with Crippen LogP contribution in [0.15, 0.2) is 146 Å². The average Bonchev–Trinajstić information content (AvgIpc) is 3.31. The molecular formula is C52H24F14N2. The second kappa shape index (κ2) is 15.9. The Morgan fingerprint density at radius 2 is 0.574 bits per heavy atom. The molecule has 16 heteroatoms. The van der Waals surface area contributed by atoms with Crippen molar-refractivity contribution < 1.29 is 61.5 Å². The van der Waals surface area contributed by atoms with Gasteiger partial charge in [0.2, 0.25) is 0 Å². The Morgan fingerprint density at radius 3 is 0.912 bits per heavy atom. The van der Waals surface area contributed by atoms with Crippen LogP contribution < -0.4 is 9.80 Å². The summed E-state index contributed by atoms with van der Waals surface area (Å²) in [4.78, 5) is 1.13. The Morgan fingerprint density at radius 1 is 0.279 bits per heavy atom. The van der Waals surface area contributed by atoms with E-state index in [0.717, 1.165) is 12.1 Å². The van der Waals surface area contributed by atoms with Gasteiger partial charge in [0.25, 0.3) is 0 Å². The van der Waals surface area contributed by atoms with E-state index < -0.39 is 98.2 Å². The van der Waals surface area contributed by atoms with Crippen LogP contribution in [0.4, 0.5) is 95.6 Å². The highest BCUT2D eigenvalue weighted by molar-refractivity contribution is 6.19. The van der Waals surface area contributed by atoms with Gasteiger partial charge in [-0.05, 0) is 62.0 Å². The third kappa shape index (κ3) is 6.71. The van der Waals surface area contributed by atoms with Gasteiger partial charge in [-0.1, -0.05) is 121 Å². The fraction of sp³-hybridized carbons (Fsp3) is 0.0385. The van der Waals surface area contributed by atoms with E-state index in [4.69, 9.17) is 0 Å². The normalized spacial score (nSPS) is 12.3. The summed E-state index contributed by atoms with van der Waals surface area (Å²) in [5.41, 5.74) is -11.0. The predicted molar refractivity (Wildman–Crippen MR) is 233 cm³/mol. The molecule has 0 amide bonds. The Kier molecular flexibility index (Phi) is 10.3. The third-order valence-corrected chi connectivity index (χ3v) is 11.8. The molecule has 2 nitrogen and oxygen atoms in total. The summed E-state index contributed by atoms with van der Waals surface area (Å²) >= 11 is 0. The molecule has 0 atom stereocenters. The monoisotopic (exact) mass is 942 g/mol. The first-order valence-electron chi connectivity index (χ1n) is 20.2. The van der Waals surface area contributed by atoms with E-state index >= 15 is 35.1 Å². The lowest BCUT2D eigenvalue weighted by Crippen LogP contribution is -2.22. The van der Waals surface area contributed by atoms with Crippen molar-refractivity contribution in [2.45, 2.75) is 12.4 Å². The number of hydrogen-bond donors (Lipinski definition) is 0. The molecule has 0 bridgehead atoms. The number of fused-ring (bicyclic) bond motifs is 7. The second-order valence-electron chi connectivity index (χ2n) is 15.6. The van der Waals surface area contributed by atoms with E-state index in [-0.39, 0.29) is 27.5 Å². The van der Waals surface area contributed by atoms with Crippen LogP contribution in [0.2, 0.25) is 0 Å². The Labute approximate surface area is 374 Å². The number of hydrogen-bond acceptors (Lipinski definition) is 2. The molecule has 0 radical (unpaired) electrons. The van der Waals surface area contributed by atoms with E-state index in [1.165, 1.54) is 60.7 Å². The quantitative estimate of drug-likeness (QED) is 0.0931. The number of rotatable bonds is 6. The first-order valence-corrected chi connectivity index (χ1v) is 20.2. The van der Waals surface area contributed by atoms with Gasteiger partial charge in [-0.15, -0.1) is 0 Å². The highest BCUT2D eigenvalue weighted by Gasteiger charge is 2.46. The minimum atomic E-state index is -5.95. The van der Waals surface area contributed by atoms with Gasteiger partial charge in [0.05, 0.1) is 22.7 Å². The van der Waals surface area contributed by atoms with E-state index in [0.29, 0.717) is 42.1 Å². The van der Waals surface area contributed by atoms with Gasteiger partial charge in [0, 0.05) is 16.2 Å². The fourth-order valence-electron chi connectivity index (χ4n) is 8.99. The lowest BCUT2D eigenvalue weighted by atomic mass is 9.96. The third-order valence-electron chi connectivity index (χ3n) is 11.8. The molecule has 0 aliphatic carbocycles. The average molecular weight is 943 g/mol. The van der Waals surface area contributed by atoms with Crippen LogP contribution in [-0.2, 0) is 12.4 Å². The first-order chi connectivity index (χ1) is 32.4. The standard InChI is InChI=1S/C52H24F14N2/c53-41-39(51(61,62)63)42(54)46(58)49(45(41)57)67(36-23-26-11-1-3-15-28(26)30-17-5-7-19-32(30)36)34-21-9-13-25-14-10-22-35(38(25)34)68(50-47(59)43(55)40(52(64,65)66)44(56)48(50)60)37-24-27-12-2-4-16-29(27)31-18-6-8-20-33(31)37/h1-24H. The zero-order chi connectivity index (χ0) is 48.1. The highest BCUT2D eigenvalue weighted by atomic mass is 19.4. The van der Waals surface area contributed by atoms with Gasteiger partial charge < -0.3 is 9.80 Å². The van der Waals surface area contributed by atoms with Crippen molar-refractivity contribution in [1.82, 2.24) is 0 Å². The van der Waals surface area contributed by atoms with E-state index in [9.17, 15) is 26.3 Å². The summed E-state index contributed by atoms with van der Waals surface area (Å²) in [7, 11) is 0. The van der Waals surface area contributed by atoms with Gasteiger partial charge in [-0.25, -0.2) is 35.1 Å². The summed E-state index contributed by atoms with van der Waals surface area (Å²) in [5, 5.41) is 2.26. The highest BCUT2D eigenvalue weighted by Crippen LogP contribution is 2.54. The molecule has 10 aromatic carbocycles. The van der Waals surface area contributed by atoms with E-state index in [2.05, 4.69) is 0 Å². The smallest absolute Gasteiger partial charge is 0.304 e. The molecule has 340 valence electrons. The van der Waals surface area contributed by atoms with Crippen LogP contribution in [0.25, 0.3) is 53.9 Å². The predicted octanol–water partition coefficient (Wildman–Crippen LogP) is 17.5.